The normalized spacial score (nSPS) is 12.1. The molecule has 0 bridgehead atoms. The molecule has 148 valence electrons. The first-order valence-electron chi connectivity index (χ1n) is 10.3. The van der Waals surface area contributed by atoms with Gasteiger partial charge in [0.15, 0.2) is 5.11 Å². The van der Waals surface area contributed by atoms with Gasteiger partial charge in [-0.1, -0.05) is 44.2 Å². The van der Waals surface area contributed by atoms with Crippen LogP contribution in [-0.2, 0) is 19.5 Å². The van der Waals surface area contributed by atoms with Crippen molar-refractivity contribution in [2.45, 2.75) is 59.7 Å². The van der Waals surface area contributed by atoms with E-state index in [0.29, 0.717) is 6.04 Å². The molecule has 0 amide bonds. The van der Waals surface area contributed by atoms with Crippen LogP contribution in [0.25, 0.3) is 10.9 Å². The van der Waals surface area contributed by atoms with Crippen LogP contribution in [0.4, 0.5) is 5.69 Å². The molecule has 1 aromatic heterocycles. The minimum Gasteiger partial charge on any atom is -0.347 e. The lowest BCUT2D eigenvalue weighted by Gasteiger charge is -2.31. The Hall–Kier alpha value is -2.33. The van der Waals surface area contributed by atoms with E-state index < -0.39 is 0 Å². The summed E-state index contributed by atoms with van der Waals surface area (Å²) in [6.45, 7) is 10.6. The highest BCUT2D eigenvalue weighted by atomic mass is 32.1. The number of para-hydroxylation sites is 1. The smallest absolute Gasteiger partial charge is 0.173 e. The lowest BCUT2D eigenvalue weighted by molar-refractivity contribution is 0.320. The predicted octanol–water partition coefficient (Wildman–Crippen LogP) is 6.22. The van der Waals surface area contributed by atoms with Crippen LogP contribution in [0.3, 0.4) is 0 Å². The van der Waals surface area contributed by atoms with Crippen LogP contribution in [0.1, 0.15) is 45.2 Å². The number of benzene rings is 2. The summed E-state index contributed by atoms with van der Waals surface area (Å²) in [6.07, 6.45) is 4.34. The Kier molecular flexibility index (Phi) is 6.74. The summed E-state index contributed by atoms with van der Waals surface area (Å²) >= 11 is 5.84. The van der Waals surface area contributed by atoms with Crippen LogP contribution < -0.4 is 5.32 Å². The molecule has 0 aliphatic rings. The van der Waals surface area contributed by atoms with E-state index in [1.54, 1.807) is 0 Å². The molecule has 28 heavy (non-hydrogen) atoms. The summed E-state index contributed by atoms with van der Waals surface area (Å²) in [4.78, 5) is 2.32. The van der Waals surface area contributed by atoms with Crippen molar-refractivity contribution in [1.29, 1.82) is 0 Å². The molecule has 3 aromatic rings. The molecule has 1 atom stereocenters. The van der Waals surface area contributed by atoms with Crippen molar-refractivity contribution in [2.24, 2.45) is 0 Å². The highest BCUT2D eigenvalue weighted by molar-refractivity contribution is 7.80. The first kappa shape index (κ1) is 20.4. The van der Waals surface area contributed by atoms with Gasteiger partial charge in [-0.25, -0.2) is 0 Å². The summed E-state index contributed by atoms with van der Waals surface area (Å²) in [5.74, 6) is 0. The number of thiocarbonyl (C=S) groups is 1. The van der Waals surface area contributed by atoms with Gasteiger partial charge in [-0.3, -0.25) is 0 Å². The predicted molar refractivity (Wildman–Crippen MR) is 125 cm³/mol. The highest BCUT2D eigenvalue weighted by Crippen LogP contribution is 2.24. The van der Waals surface area contributed by atoms with Gasteiger partial charge in [-0.2, -0.15) is 0 Å². The van der Waals surface area contributed by atoms with Crippen molar-refractivity contribution >= 4 is 33.9 Å². The molecule has 0 radical (unpaired) electrons. The fourth-order valence-electron chi connectivity index (χ4n) is 3.61. The second-order valence-electron chi connectivity index (χ2n) is 7.33. The van der Waals surface area contributed by atoms with Crippen molar-refractivity contribution in [3.8, 4) is 0 Å². The molecule has 0 saturated carbocycles. The van der Waals surface area contributed by atoms with Crippen LogP contribution in [0, 0.1) is 0 Å². The highest BCUT2D eigenvalue weighted by Gasteiger charge is 2.19. The van der Waals surface area contributed by atoms with E-state index >= 15 is 0 Å². The topological polar surface area (TPSA) is 20.2 Å². The number of hydrogen-bond donors (Lipinski definition) is 1. The van der Waals surface area contributed by atoms with Crippen LogP contribution in [0.2, 0.25) is 0 Å². The SMILES string of the molecule is CCc1cccc(NC(=S)N(Cc2cn(CC)c3ccccc23)C(C)CC)c1. The monoisotopic (exact) mass is 393 g/mol. The van der Waals surface area contributed by atoms with E-state index in [9.17, 15) is 0 Å². The average Bonchev–Trinajstić information content (AvgIpc) is 3.09. The molecule has 0 saturated heterocycles. The number of aryl methyl sites for hydroxylation is 2. The maximum absolute atomic E-state index is 5.84. The largest absolute Gasteiger partial charge is 0.347 e. The fourth-order valence-corrected chi connectivity index (χ4v) is 3.97. The molecule has 3 nitrogen and oxygen atoms in total. The second kappa shape index (κ2) is 9.24. The van der Waals surface area contributed by atoms with E-state index in [1.165, 1.54) is 22.0 Å². The molecule has 1 heterocycles. The van der Waals surface area contributed by atoms with Crippen molar-refractivity contribution in [3.05, 3.63) is 65.9 Å². The Bertz CT molecular complexity index is 944. The Morgan fingerprint density at radius 1 is 1.11 bits per heavy atom. The van der Waals surface area contributed by atoms with Crippen LogP contribution in [0.15, 0.2) is 54.7 Å². The van der Waals surface area contributed by atoms with Gasteiger partial charge in [0.25, 0.3) is 0 Å². The zero-order valence-electron chi connectivity index (χ0n) is 17.4. The third-order valence-corrected chi connectivity index (χ3v) is 5.86. The molecule has 3 rings (SSSR count). The molecule has 2 aromatic carbocycles. The van der Waals surface area contributed by atoms with Gasteiger partial charge in [-0.15, -0.1) is 0 Å². The summed E-state index contributed by atoms with van der Waals surface area (Å²) in [5.41, 5.74) is 4.99. The average molecular weight is 394 g/mol. The minimum atomic E-state index is 0.359. The molecular weight excluding hydrogens is 362 g/mol. The van der Waals surface area contributed by atoms with Crippen molar-refractivity contribution < 1.29 is 0 Å². The molecular formula is C24H31N3S. The number of rotatable bonds is 7. The molecule has 0 aliphatic carbocycles. The molecule has 1 unspecified atom stereocenters. The van der Waals surface area contributed by atoms with Crippen LogP contribution in [0.5, 0.6) is 0 Å². The number of hydrogen-bond acceptors (Lipinski definition) is 1. The standard InChI is InChI=1S/C24H31N3S/c1-5-18(4)27(24(28)25-21-12-10-11-19(6-2)15-21)17-20-16-26(7-3)23-14-9-8-13-22(20)23/h8-16,18H,5-7,17H2,1-4H3,(H,25,28). The Morgan fingerprint density at radius 2 is 1.89 bits per heavy atom. The summed E-state index contributed by atoms with van der Waals surface area (Å²) < 4.78 is 2.32. The molecule has 0 fully saturated rings. The van der Waals surface area contributed by atoms with Gasteiger partial charge < -0.3 is 14.8 Å². The molecule has 0 aliphatic heterocycles. The zero-order chi connectivity index (χ0) is 20.1. The number of aromatic nitrogens is 1. The summed E-state index contributed by atoms with van der Waals surface area (Å²) in [5, 5.41) is 5.57. The van der Waals surface area contributed by atoms with Crippen molar-refractivity contribution in [3.63, 3.8) is 0 Å². The first-order chi connectivity index (χ1) is 13.6. The molecule has 0 spiro atoms. The first-order valence-corrected chi connectivity index (χ1v) is 10.7. The Morgan fingerprint density at radius 3 is 2.61 bits per heavy atom. The van der Waals surface area contributed by atoms with E-state index in [0.717, 1.165) is 36.7 Å². The van der Waals surface area contributed by atoms with E-state index in [2.05, 4.69) is 97.2 Å². The number of nitrogens with zero attached hydrogens (tertiary/aromatic N) is 2. The fraction of sp³-hybridized carbons (Fsp3) is 0.375. The maximum Gasteiger partial charge on any atom is 0.173 e. The summed E-state index contributed by atoms with van der Waals surface area (Å²) in [7, 11) is 0. The number of fused-ring (bicyclic) bond motifs is 1. The zero-order valence-corrected chi connectivity index (χ0v) is 18.2. The Labute approximate surface area is 174 Å². The minimum absolute atomic E-state index is 0.359. The van der Waals surface area contributed by atoms with Crippen molar-refractivity contribution in [1.82, 2.24) is 9.47 Å². The van der Waals surface area contributed by atoms with E-state index in [1.807, 2.05) is 0 Å². The van der Waals surface area contributed by atoms with Crippen LogP contribution in [-0.4, -0.2) is 20.6 Å². The van der Waals surface area contributed by atoms with Gasteiger partial charge in [0.05, 0.1) is 0 Å². The van der Waals surface area contributed by atoms with Gasteiger partial charge in [0.2, 0.25) is 0 Å². The Balaban J connectivity index is 1.87. The van der Waals surface area contributed by atoms with Gasteiger partial charge in [-0.05, 0) is 68.2 Å². The number of anilines is 1. The van der Waals surface area contributed by atoms with Crippen LogP contribution >= 0.6 is 12.2 Å². The molecule has 4 heteroatoms. The lowest BCUT2D eigenvalue weighted by Crippen LogP contribution is -2.40. The van der Waals surface area contributed by atoms with Gasteiger partial charge in [0, 0.05) is 41.9 Å². The van der Waals surface area contributed by atoms with Gasteiger partial charge >= 0.3 is 0 Å². The van der Waals surface area contributed by atoms with Crippen molar-refractivity contribution in [2.75, 3.05) is 5.32 Å². The second-order valence-corrected chi connectivity index (χ2v) is 7.71. The van der Waals surface area contributed by atoms with E-state index in [4.69, 9.17) is 12.2 Å². The quantitative estimate of drug-likeness (QED) is 0.481. The number of nitrogens with one attached hydrogen (secondary N) is 1. The summed E-state index contributed by atoms with van der Waals surface area (Å²) in [6, 6.07) is 17.5. The molecule has 1 N–H and O–H groups in total. The lowest BCUT2D eigenvalue weighted by atomic mass is 10.1. The van der Waals surface area contributed by atoms with E-state index in [-0.39, 0.29) is 0 Å². The third-order valence-electron chi connectivity index (χ3n) is 5.52. The van der Waals surface area contributed by atoms with Gasteiger partial charge in [0.1, 0.15) is 0 Å². The maximum atomic E-state index is 5.84. The third kappa shape index (κ3) is 4.39.